The molecule has 0 saturated heterocycles. The molecule has 2 amide bonds. The van der Waals surface area contributed by atoms with Crippen molar-refractivity contribution < 1.29 is 27.8 Å². The lowest BCUT2D eigenvalue weighted by atomic mass is 9.97. The highest BCUT2D eigenvalue weighted by atomic mass is 19.2. The van der Waals surface area contributed by atoms with Gasteiger partial charge in [0.15, 0.2) is 17.3 Å². The molecule has 1 unspecified atom stereocenters. The van der Waals surface area contributed by atoms with E-state index in [0.717, 1.165) is 12.1 Å². The fourth-order valence-corrected chi connectivity index (χ4v) is 4.07. The molecule has 0 radical (unpaired) electrons. The van der Waals surface area contributed by atoms with E-state index in [1.807, 2.05) is 0 Å². The van der Waals surface area contributed by atoms with Crippen LogP contribution in [0.4, 0.5) is 14.5 Å². The Balaban J connectivity index is 1.34. The van der Waals surface area contributed by atoms with Crippen LogP contribution in [0.3, 0.4) is 0 Å². The van der Waals surface area contributed by atoms with E-state index in [9.17, 15) is 18.4 Å². The number of nitrogens with zero attached hydrogens (tertiary/aromatic N) is 2. The lowest BCUT2D eigenvalue weighted by Gasteiger charge is -2.24. The molecular weight excluding hydrogens is 434 g/mol. The fourth-order valence-electron chi connectivity index (χ4n) is 4.07. The largest absolute Gasteiger partial charge is 0.489 e. The first-order valence-corrected chi connectivity index (χ1v) is 10.4. The van der Waals surface area contributed by atoms with Crippen LogP contribution in [-0.4, -0.2) is 41.7 Å². The first kappa shape index (κ1) is 21.1. The van der Waals surface area contributed by atoms with E-state index in [1.54, 1.807) is 31.3 Å². The van der Waals surface area contributed by atoms with Crippen molar-refractivity contribution in [1.82, 2.24) is 15.5 Å². The van der Waals surface area contributed by atoms with E-state index < -0.39 is 29.7 Å². The van der Waals surface area contributed by atoms with E-state index in [4.69, 9.17) is 9.47 Å². The van der Waals surface area contributed by atoms with E-state index in [-0.39, 0.29) is 31.2 Å². The SMILES string of the molecule is CN1C(=O)[C@@H](NC(=O)c2n[nH]c3c2CC(c2ccc(F)c(F)c2)OC3)COc2ccccc21. The molecule has 0 bridgehead atoms. The number of rotatable bonds is 3. The van der Waals surface area contributed by atoms with Gasteiger partial charge in [-0.3, -0.25) is 14.7 Å². The molecule has 170 valence electrons. The summed E-state index contributed by atoms with van der Waals surface area (Å²) in [5.41, 5.74) is 2.42. The molecular formula is C23H20F2N4O4. The predicted octanol–water partition coefficient (Wildman–Crippen LogP) is 2.66. The Morgan fingerprint density at radius 1 is 1.21 bits per heavy atom. The lowest BCUT2D eigenvalue weighted by molar-refractivity contribution is -0.120. The second-order valence-electron chi connectivity index (χ2n) is 7.91. The number of nitrogens with one attached hydrogen (secondary N) is 2. The molecule has 0 aliphatic carbocycles. The van der Waals surface area contributed by atoms with Gasteiger partial charge in [-0.2, -0.15) is 5.10 Å². The molecule has 5 rings (SSSR count). The van der Waals surface area contributed by atoms with Crippen molar-refractivity contribution in [2.45, 2.75) is 25.2 Å². The van der Waals surface area contributed by atoms with E-state index in [1.165, 1.54) is 11.0 Å². The molecule has 33 heavy (non-hydrogen) atoms. The van der Waals surface area contributed by atoms with Gasteiger partial charge in [0, 0.05) is 19.0 Å². The lowest BCUT2D eigenvalue weighted by Crippen LogP contribution is -2.49. The van der Waals surface area contributed by atoms with Crippen molar-refractivity contribution in [1.29, 1.82) is 0 Å². The number of likely N-dealkylation sites (N-methyl/N-ethyl adjacent to an activating group) is 1. The van der Waals surface area contributed by atoms with E-state index in [2.05, 4.69) is 15.5 Å². The minimum Gasteiger partial charge on any atom is -0.489 e. The number of aromatic amines is 1. The first-order valence-electron chi connectivity index (χ1n) is 10.4. The molecule has 3 aromatic rings. The van der Waals surface area contributed by atoms with Gasteiger partial charge in [-0.1, -0.05) is 18.2 Å². The number of halogens is 2. The number of amides is 2. The van der Waals surface area contributed by atoms with Crippen LogP contribution >= 0.6 is 0 Å². The van der Waals surface area contributed by atoms with E-state index >= 15 is 0 Å². The summed E-state index contributed by atoms with van der Waals surface area (Å²) in [7, 11) is 1.62. The summed E-state index contributed by atoms with van der Waals surface area (Å²) < 4.78 is 38.5. The topological polar surface area (TPSA) is 96.6 Å². The summed E-state index contributed by atoms with van der Waals surface area (Å²) in [6.45, 7) is 0.0991. The van der Waals surface area contributed by atoms with Crippen LogP contribution in [0.15, 0.2) is 42.5 Å². The number of para-hydroxylation sites is 2. The van der Waals surface area contributed by atoms with Gasteiger partial charge in [-0.05, 0) is 29.8 Å². The monoisotopic (exact) mass is 454 g/mol. The van der Waals surface area contributed by atoms with Crippen LogP contribution < -0.4 is 15.0 Å². The number of anilines is 1. The minimum atomic E-state index is -0.968. The zero-order valence-corrected chi connectivity index (χ0v) is 17.6. The quantitative estimate of drug-likeness (QED) is 0.635. The van der Waals surface area contributed by atoms with Crippen molar-refractivity contribution in [2.24, 2.45) is 0 Å². The maximum atomic E-state index is 13.7. The second kappa shape index (κ2) is 8.28. The Bertz CT molecular complexity index is 1240. The predicted molar refractivity (Wildman–Crippen MR) is 113 cm³/mol. The summed E-state index contributed by atoms with van der Waals surface area (Å²) >= 11 is 0. The molecule has 2 aromatic carbocycles. The summed E-state index contributed by atoms with van der Waals surface area (Å²) in [6.07, 6.45) is -0.333. The van der Waals surface area contributed by atoms with Crippen LogP contribution in [-0.2, 0) is 22.6 Å². The number of ether oxygens (including phenoxy) is 2. The highest BCUT2D eigenvalue weighted by Crippen LogP contribution is 2.33. The number of benzene rings is 2. The summed E-state index contributed by atoms with van der Waals surface area (Å²) in [5.74, 6) is -2.22. The van der Waals surface area contributed by atoms with E-state index in [0.29, 0.717) is 28.3 Å². The first-order chi connectivity index (χ1) is 15.9. The molecule has 2 aliphatic rings. The number of hydrogen-bond acceptors (Lipinski definition) is 5. The van der Waals surface area contributed by atoms with Gasteiger partial charge in [-0.15, -0.1) is 0 Å². The number of hydrogen-bond donors (Lipinski definition) is 2. The highest BCUT2D eigenvalue weighted by molar-refractivity contribution is 6.03. The van der Waals surface area contributed by atoms with Crippen molar-refractivity contribution in [3.8, 4) is 5.75 Å². The Morgan fingerprint density at radius 2 is 2.03 bits per heavy atom. The second-order valence-corrected chi connectivity index (χ2v) is 7.91. The summed E-state index contributed by atoms with van der Waals surface area (Å²) in [5, 5.41) is 9.61. The molecule has 2 aliphatic heterocycles. The Hall–Kier alpha value is -3.79. The fraction of sp³-hybridized carbons (Fsp3) is 0.261. The number of aromatic nitrogens is 2. The maximum Gasteiger partial charge on any atom is 0.272 e. The normalized spacial score (nSPS) is 19.8. The van der Waals surface area contributed by atoms with Gasteiger partial charge < -0.3 is 19.7 Å². The van der Waals surface area contributed by atoms with Gasteiger partial charge in [0.1, 0.15) is 18.4 Å². The number of H-pyrrole nitrogens is 1. The summed E-state index contributed by atoms with van der Waals surface area (Å²) in [4.78, 5) is 27.4. The smallest absolute Gasteiger partial charge is 0.272 e. The molecule has 8 nitrogen and oxygen atoms in total. The number of fused-ring (bicyclic) bond motifs is 2. The summed E-state index contributed by atoms with van der Waals surface area (Å²) in [6, 6.07) is 9.78. The molecule has 2 N–H and O–H groups in total. The molecule has 3 heterocycles. The van der Waals surface area contributed by atoms with Crippen molar-refractivity contribution in [3.05, 3.63) is 76.6 Å². The van der Waals surface area contributed by atoms with Crippen LogP contribution in [0.2, 0.25) is 0 Å². The third-order valence-corrected chi connectivity index (χ3v) is 5.87. The van der Waals surface area contributed by atoms with Gasteiger partial charge in [0.2, 0.25) is 0 Å². The van der Waals surface area contributed by atoms with Crippen LogP contribution in [0.25, 0.3) is 0 Å². The minimum absolute atomic E-state index is 0.0286. The Kier molecular flexibility index (Phi) is 5.29. The molecule has 0 spiro atoms. The molecule has 2 atom stereocenters. The Labute approximate surface area is 187 Å². The van der Waals surface area contributed by atoms with Crippen molar-refractivity contribution in [2.75, 3.05) is 18.6 Å². The van der Waals surface area contributed by atoms with Gasteiger partial charge >= 0.3 is 0 Å². The average Bonchev–Trinajstić information content (AvgIpc) is 3.21. The van der Waals surface area contributed by atoms with Crippen LogP contribution in [0.5, 0.6) is 5.75 Å². The van der Waals surface area contributed by atoms with Crippen LogP contribution in [0, 0.1) is 11.6 Å². The highest BCUT2D eigenvalue weighted by Gasteiger charge is 2.33. The third-order valence-electron chi connectivity index (χ3n) is 5.87. The van der Waals surface area contributed by atoms with Gasteiger partial charge in [-0.25, -0.2) is 8.78 Å². The zero-order chi connectivity index (χ0) is 23.1. The van der Waals surface area contributed by atoms with Gasteiger partial charge in [0.05, 0.1) is 24.1 Å². The maximum absolute atomic E-state index is 13.7. The Morgan fingerprint density at radius 3 is 2.85 bits per heavy atom. The molecule has 1 aromatic heterocycles. The van der Waals surface area contributed by atoms with Gasteiger partial charge in [0.25, 0.3) is 11.8 Å². The molecule has 10 heteroatoms. The zero-order valence-electron chi connectivity index (χ0n) is 17.6. The van der Waals surface area contributed by atoms with Crippen LogP contribution in [0.1, 0.15) is 33.4 Å². The third kappa shape index (κ3) is 3.82. The number of carbonyl (C=O) groups excluding carboxylic acids is 2. The number of carbonyl (C=O) groups is 2. The average molecular weight is 454 g/mol. The van der Waals surface area contributed by atoms with Crippen molar-refractivity contribution in [3.63, 3.8) is 0 Å². The molecule has 0 saturated carbocycles. The molecule has 0 fully saturated rings. The standard InChI is InChI=1S/C23H20F2N4O4/c1-29-18-4-2-3-5-19(18)32-11-17(23(29)31)26-22(30)21-13-9-20(33-10-16(13)27-28-21)12-6-7-14(24)15(25)8-12/h2-8,17,20H,9-11H2,1H3,(H,26,30)(H,27,28)/t17-,20?/m0/s1. The van der Waals surface area contributed by atoms with Crippen molar-refractivity contribution >= 4 is 17.5 Å².